The molecule has 0 saturated carbocycles. The third-order valence-corrected chi connectivity index (χ3v) is 4.08. The number of carbonyl (C=O) groups is 2. The molecule has 0 radical (unpaired) electrons. The first-order valence-electron chi connectivity index (χ1n) is 7.59. The van der Waals surface area contributed by atoms with Crippen molar-refractivity contribution in [3.8, 4) is 0 Å². The minimum Gasteiger partial charge on any atom is -0.340 e. The molecule has 1 fully saturated rings. The Morgan fingerprint density at radius 2 is 1.88 bits per heavy atom. The van der Waals surface area contributed by atoms with E-state index in [-0.39, 0.29) is 17.3 Å². The number of rotatable bonds is 3. The molecule has 0 aliphatic carbocycles. The third-order valence-electron chi connectivity index (χ3n) is 4.08. The number of amides is 2. The molecule has 0 unspecified atom stereocenters. The molecular weight excluding hydrogens is 314 g/mol. The Labute approximate surface area is 138 Å². The first-order valence-corrected chi connectivity index (χ1v) is 7.59. The van der Waals surface area contributed by atoms with Crippen LogP contribution in [0.3, 0.4) is 0 Å². The van der Waals surface area contributed by atoms with E-state index in [1.54, 1.807) is 6.92 Å². The fourth-order valence-corrected chi connectivity index (χ4v) is 2.67. The third kappa shape index (κ3) is 3.13. The molecule has 2 aromatic carbocycles. The van der Waals surface area contributed by atoms with Crippen LogP contribution in [0.15, 0.2) is 42.5 Å². The Bertz CT molecular complexity index is 790. The fourth-order valence-electron chi connectivity index (χ4n) is 2.67. The number of anilines is 1. The van der Waals surface area contributed by atoms with Gasteiger partial charge in [-0.05, 0) is 55.3 Å². The van der Waals surface area contributed by atoms with Crippen molar-refractivity contribution in [2.24, 2.45) is 0 Å². The highest BCUT2D eigenvalue weighted by Gasteiger charge is 2.33. The summed E-state index contributed by atoms with van der Waals surface area (Å²) >= 11 is 0. The van der Waals surface area contributed by atoms with E-state index < -0.39 is 17.8 Å². The predicted octanol–water partition coefficient (Wildman–Crippen LogP) is 2.81. The average molecular weight is 330 g/mol. The minimum atomic E-state index is -0.674. The molecule has 1 aliphatic heterocycles. The predicted molar refractivity (Wildman–Crippen MR) is 85.8 cm³/mol. The second-order valence-electron chi connectivity index (χ2n) is 5.74. The van der Waals surface area contributed by atoms with E-state index in [9.17, 15) is 18.4 Å². The molecule has 4 nitrogen and oxygen atoms in total. The van der Waals surface area contributed by atoms with Crippen molar-refractivity contribution in [2.75, 3.05) is 11.4 Å². The van der Waals surface area contributed by atoms with Crippen molar-refractivity contribution in [1.82, 2.24) is 5.32 Å². The summed E-state index contributed by atoms with van der Waals surface area (Å²) in [5, 5.41) is 2.63. The lowest BCUT2D eigenvalue weighted by Crippen LogP contribution is -2.41. The number of aryl methyl sites for hydroxylation is 1. The molecule has 3 rings (SSSR count). The molecule has 0 aromatic heterocycles. The van der Waals surface area contributed by atoms with Crippen LogP contribution in [-0.2, 0) is 4.79 Å². The summed E-state index contributed by atoms with van der Waals surface area (Å²) in [5.41, 5.74) is 1.21. The quantitative estimate of drug-likeness (QED) is 0.941. The zero-order chi connectivity index (χ0) is 17.3. The van der Waals surface area contributed by atoms with Crippen LogP contribution in [0.2, 0.25) is 0 Å². The number of halogens is 2. The van der Waals surface area contributed by atoms with Crippen LogP contribution in [0.25, 0.3) is 0 Å². The second kappa shape index (κ2) is 6.39. The fraction of sp³-hybridized carbons (Fsp3) is 0.222. The summed E-state index contributed by atoms with van der Waals surface area (Å²) in [6.45, 7) is 2.04. The molecule has 1 heterocycles. The molecule has 0 bridgehead atoms. The van der Waals surface area contributed by atoms with Gasteiger partial charge in [0, 0.05) is 17.8 Å². The first kappa shape index (κ1) is 16.1. The topological polar surface area (TPSA) is 49.4 Å². The zero-order valence-corrected chi connectivity index (χ0v) is 13.1. The summed E-state index contributed by atoms with van der Waals surface area (Å²) in [4.78, 5) is 26.1. The lowest BCUT2D eigenvalue weighted by molar-refractivity contribution is -0.118. The highest BCUT2D eigenvalue weighted by Crippen LogP contribution is 2.22. The average Bonchev–Trinajstić information content (AvgIpc) is 2.92. The Morgan fingerprint density at radius 3 is 2.54 bits per heavy atom. The maximum Gasteiger partial charge on any atom is 0.252 e. The van der Waals surface area contributed by atoms with E-state index in [2.05, 4.69) is 5.32 Å². The van der Waals surface area contributed by atoms with Crippen molar-refractivity contribution < 1.29 is 18.4 Å². The maximum absolute atomic E-state index is 13.6. The van der Waals surface area contributed by atoms with Gasteiger partial charge in [0.2, 0.25) is 5.91 Å². The van der Waals surface area contributed by atoms with Gasteiger partial charge in [0.05, 0.1) is 0 Å². The monoisotopic (exact) mass is 330 g/mol. The molecule has 1 saturated heterocycles. The molecule has 124 valence electrons. The van der Waals surface area contributed by atoms with Gasteiger partial charge < -0.3 is 10.2 Å². The Balaban J connectivity index is 1.70. The van der Waals surface area contributed by atoms with Crippen molar-refractivity contribution in [2.45, 2.75) is 19.4 Å². The van der Waals surface area contributed by atoms with E-state index >= 15 is 0 Å². The van der Waals surface area contributed by atoms with E-state index in [0.717, 1.165) is 6.07 Å². The Hall–Kier alpha value is -2.76. The molecule has 2 aromatic rings. The smallest absolute Gasteiger partial charge is 0.252 e. The first-order chi connectivity index (χ1) is 11.5. The van der Waals surface area contributed by atoms with Gasteiger partial charge in [0.25, 0.3) is 5.91 Å². The standard InChI is InChI=1S/C18H16F2N2O2/c1-11-2-3-12(10-15(11)20)17(23)21-16-8-9-22(18(16)24)14-6-4-13(19)5-7-14/h2-7,10,16H,8-9H2,1H3,(H,21,23)/t16-/m0/s1. The normalized spacial score (nSPS) is 17.2. The number of hydrogen-bond donors (Lipinski definition) is 1. The summed E-state index contributed by atoms with van der Waals surface area (Å²) in [5.74, 6) is -1.60. The van der Waals surface area contributed by atoms with Crippen LogP contribution in [0, 0.1) is 18.6 Å². The van der Waals surface area contributed by atoms with Crippen molar-refractivity contribution >= 4 is 17.5 Å². The molecule has 0 spiro atoms. The summed E-state index contributed by atoms with van der Waals surface area (Å²) in [6, 6.07) is 9.12. The van der Waals surface area contributed by atoms with Gasteiger partial charge in [0.1, 0.15) is 17.7 Å². The number of benzene rings is 2. The van der Waals surface area contributed by atoms with E-state index in [1.807, 2.05) is 0 Å². The van der Waals surface area contributed by atoms with E-state index in [4.69, 9.17) is 0 Å². The van der Waals surface area contributed by atoms with Crippen LogP contribution in [0.4, 0.5) is 14.5 Å². The van der Waals surface area contributed by atoms with Gasteiger partial charge in [-0.3, -0.25) is 9.59 Å². The largest absolute Gasteiger partial charge is 0.340 e. The van der Waals surface area contributed by atoms with Crippen molar-refractivity contribution in [3.05, 3.63) is 65.2 Å². The molecule has 24 heavy (non-hydrogen) atoms. The number of nitrogens with one attached hydrogen (secondary N) is 1. The van der Waals surface area contributed by atoms with Gasteiger partial charge in [-0.15, -0.1) is 0 Å². The minimum absolute atomic E-state index is 0.172. The highest BCUT2D eigenvalue weighted by atomic mass is 19.1. The van der Waals surface area contributed by atoms with Crippen LogP contribution in [0.1, 0.15) is 22.3 Å². The maximum atomic E-state index is 13.6. The highest BCUT2D eigenvalue weighted by molar-refractivity contribution is 6.03. The van der Waals surface area contributed by atoms with Crippen LogP contribution >= 0.6 is 0 Å². The lowest BCUT2D eigenvalue weighted by atomic mass is 10.1. The second-order valence-corrected chi connectivity index (χ2v) is 5.74. The summed E-state index contributed by atoms with van der Waals surface area (Å²) < 4.78 is 26.5. The van der Waals surface area contributed by atoms with Crippen molar-refractivity contribution in [3.63, 3.8) is 0 Å². The molecule has 6 heteroatoms. The molecular formula is C18H16F2N2O2. The molecule has 1 N–H and O–H groups in total. The molecule has 1 atom stereocenters. The van der Waals surface area contributed by atoms with E-state index in [0.29, 0.717) is 24.2 Å². The summed E-state index contributed by atoms with van der Waals surface area (Å²) in [6.07, 6.45) is 0.441. The summed E-state index contributed by atoms with van der Waals surface area (Å²) in [7, 11) is 0. The molecule has 2 amide bonds. The Morgan fingerprint density at radius 1 is 1.17 bits per heavy atom. The van der Waals surface area contributed by atoms with Gasteiger partial charge in [-0.25, -0.2) is 8.78 Å². The zero-order valence-electron chi connectivity index (χ0n) is 13.1. The van der Waals surface area contributed by atoms with Gasteiger partial charge in [-0.1, -0.05) is 6.07 Å². The van der Waals surface area contributed by atoms with Gasteiger partial charge in [-0.2, -0.15) is 0 Å². The Kier molecular flexibility index (Phi) is 4.29. The lowest BCUT2D eigenvalue weighted by Gasteiger charge is -2.17. The van der Waals surface area contributed by atoms with Crippen molar-refractivity contribution in [1.29, 1.82) is 0 Å². The number of hydrogen-bond acceptors (Lipinski definition) is 2. The van der Waals surface area contributed by atoms with Crippen LogP contribution in [-0.4, -0.2) is 24.4 Å². The van der Waals surface area contributed by atoms with Gasteiger partial charge >= 0.3 is 0 Å². The van der Waals surface area contributed by atoms with Gasteiger partial charge in [0.15, 0.2) is 0 Å². The molecule has 1 aliphatic rings. The number of nitrogens with zero attached hydrogens (tertiary/aromatic N) is 1. The van der Waals surface area contributed by atoms with Crippen LogP contribution < -0.4 is 10.2 Å². The number of carbonyl (C=O) groups excluding carboxylic acids is 2. The van der Waals surface area contributed by atoms with Crippen LogP contribution in [0.5, 0.6) is 0 Å². The SMILES string of the molecule is Cc1ccc(C(=O)N[C@H]2CCN(c3ccc(F)cc3)C2=O)cc1F. The van der Waals surface area contributed by atoms with E-state index in [1.165, 1.54) is 41.3 Å².